The number of rotatable bonds is 3. The van der Waals surface area contributed by atoms with Crippen LogP contribution < -0.4 is 10.6 Å². The lowest BCUT2D eigenvalue weighted by atomic mass is 9.96. The topological polar surface area (TPSA) is 96.6 Å². The number of nitrogens with one attached hydrogen (secondary N) is 1. The molecule has 3 N–H and O–H groups in total. The van der Waals surface area contributed by atoms with Gasteiger partial charge in [-0.05, 0) is 25.7 Å². The van der Waals surface area contributed by atoms with Crippen LogP contribution >= 0.6 is 11.6 Å². The fourth-order valence-corrected chi connectivity index (χ4v) is 3.15. The van der Waals surface area contributed by atoms with Crippen LogP contribution in [0.15, 0.2) is 6.07 Å². The van der Waals surface area contributed by atoms with Crippen molar-refractivity contribution >= 4 is 23.4 Å². The second-order valence-corrected chi connectivity index (χ2v) is 6.41. The molecule has 116 valence electrons. The first kappa shape index (κ1) is 13.8. The molecule has 1 aliphatic carbocycles. The highest BCUT2D eigenvalue weighted by Gasteiger charge is 2.30. The molecule has 1 saturated heterocycles. The lowest BCUT2D eigenvalue weighted by Crippen LogP contribution is -2.34. The molecule has 0 unspecified atom stereocenters. The van der Waals surface area contributed by atoms with Crippen LogP contribution in [0.25, 0.3) is 0 Å². The Balaban J connectivity index is 1.43. The number of anilines is 2. The zero-order chi connectivity index (χ0) is 15.1. The molecule has 2 aromatic rings. The molecular weight excluding hydrogens is 302 g/mol. The van der Waals surface area contributed by atoms with Gasteiger partial charge in [0, 0.05) is 31.0 Å². The number of hydrogen-bond donors (Lipinski definition) is 2. The minimum Gasteiger partial charge on any atom is -0.368 e. The van der Waals surface area contributed by atoms with Gasteiger partial charge in [0.2, 0.25) is 5.95 Å². The summed E-state index contributed by atoms with van der Waals surface area (Å²) in [6, 6.07) is 1.76. The molecule has 1 aliphatic heterocycles. The molecule has 0 radical (unpaired) electrons. The summed E-state index contributed by atoms with van der Waals surface area (Å²) in [4.78, 5) is 15.0. The van der Waals surface area contributed by atoms with Gasteiger partial charge in [-0.25, -0.2) is 9.97 Å². The summed E-state index contributed by atoms with van der Waals surface area (Å²) in [6.45, 7) is 1.80. The SMILES string of the molecule is Nc1nc(Cl)cc(N2CCC(c3nc(C4CC4)n[nH]3)CC2)n1. The number of piperidine rings is 1. The van der Waals surface area contributed by atoms with E-state index in [4.69, 9.17) is 17.3 Å². The van der Waals surface area contributed by atoms with Crippen molar-refractivity contribution in [1.29, 1.82) is 0 Å². The molecule has 2 aliphatic rings. The van der Waals surface area contributed by atoms with Crippen LogP contribution in [0.2, 0.25) is 5.15 Å². The van der Waals surface area contributed by atoms with Crippen LogP contribution in [-0.2, 0) is 0 Å². The summed E-state index contributed by atoms with van der Waals surface area (Å²) in [5.74, 6) is 4.07. The Morgan fingerprint density at radius 1 is 1.09 bits per heavy atom. The average molecular weight is 320 g/mol. The fourth-order valence-electron chi connectivity index (χ4n) is 2.96. The van der Waals surface area contributed by atoms with E-state index >= 15 is 0 Å². The molecule has 4 rings (SSSR count). The molecular formula is C14H18ClN7. The summed E-state index contributed by atoms with van der Waals surface area (Å²) in [6.07, 6.45) is 4.49. The highest BCUT2D eigenvalue weighted by Crippen LogP contribution is 2.38. The predicted octanol–water partition coefficient (Wildman–Crippen LogP) is 2.09. The number of hydrogen-bond acceptors (Lipinski definition) is 6. The molecule has 2 fully saturated rings. The smallest absolute Gasteiger partial charge is 0.223 e. The van der Waals surface area contributed by atoms with Crippen LogP contribution in [0.1, 0.15) is 49.2 Å². The molecule has 1 saturated carbocycles. The van der Waals surface area contributed by atoms with E-state index in [2.05, 4.69) is 30.0 Å². The van der Waals surface area contributed by atoms with Crippen LogP contribution in [-0.4, -0.2) is 38.2 Å². The van der Waals surface area contributed by atoms with Crippen molar-refractivity contribution < 1.29 is 0 Å². The molecule has 3 heterocycles. The van der Waals surface area contributed by atoms with Crippen LogP contribution in [0.5, 0.6) is 0 Å². The Labute approximate surface area is 133 Å². The minimum atomic E-state index is 0.217. The van der Waals surface area contributed by atoms with Gasteiger partial charge in [-0.3, -0.25) is 5.10 Å². The van der Waals surface area contributed by atoms with Crippen molar-refractivity contribution in [3.05, 3.63) is 22.9 Å². The molecule has 0 bridgehead atoms. The summed E-state index contributed by atoms with van der Waals surface area (Å²) >= 11 is 5.95. The van der Waals surface area contributed by atoms with E-state index < -0.39 is 0 Å². The molecule has 0 spiro atoms. The first-order valence-corrected chi connectivity index (χ1v) is 8.04. The molecule has 7 nitrogen and oxygen atoms in total. The average Bonchev–Trinajstić information content (AvgIpc) is 3.24. The second-order valence-electron chi connectivity index (χ2n) is 6.02. The van der Waals surface area contributed by atoms with Gasteiger partial charge in [0.1, 0.15) is 16.8 Å². The van der Waals surface area contributed by atoms with E-state index in [-0.39, 0.29) is 5.95 Å². The maximum absolute atomic E-state index is 5.95. The zero-order valence-corrected chi connectivity index (χ0v) is 12.9. The maximum atomic E-state index is 5.95. The van der Waals surface area contributed by atoms with Crippen molar-refractivity contribution in [1.82, 2.24) is 25.1 Å². The summed E-state index contributed by atoms with van der Waals surface area (Å²) in [5, 5.41) is 7.86. The summed E-state index contributed by atoms with van der Waals surface area (Å²) in [5.41, 5.74) is 5.66. The third-order valence-corrected chi connectivity index (χ3v) is 4.56. The van der Waals surface area contributed by atoms with Gasteiger partial charge in [0.05, 0.1) is 0 Å². The predicted molar refractivity (Wildman–Crippen MR) is 84.0 cm³/mol. The van der Waals surface area contributed by atoms with Crippen LogP contribution in [0, 0.1) is 0 Å². The van der Waals surface area contributed by atoms with E-state index in [1.165, 1.54) is 12.8 Å². The van der Waals surface area contributed by atoms with E-state index in [1.54, 1.807) is 6.07 Å². The molecule has 0 atom stereocenters. The number of nitrogens with two attached hydrogens (primary N) is 1. The van der Waals surface area contributed by atoms with Crippen molar-refractivity contribution in [2.45, 2.75) is 37.5 Å². The Kier molecular flexibility index (Phi) is 3.37. The van der Waals surface area contributed by atoms with Gasteiger partial charge in [0.15, 0.2) is 5.82 Å². The van der Waals surface area contributed by atoms with Crippen LogP contribution in [0.4, 0.5) is 11.8 Å². The van der Waals surface area contributed by atoms with Gasteiger partial charge in [-0.2, -0.15) is 10.1 Å². The molecule has 2 aromatic heterocycles. The normalized spacial score (nSPS) is 19.6. The Bertz CT molecular complexity index is 653. The Morgan fingerprint density at radius 3 is 2.55 bits per heavy atom. The number of aromatic nitrogens is 5. The van der Waals surface area contributed by atoms with Gasteiger partial charge in [-0.1, -0.05) is 11.6 Å². The van der Waals surface area contributed by atoms with E-state index in [1.807, 2.05) is 0 Å². The van der Waals surface area contributed by atoms with E-state index in [9.17, 15) is 0 Å². The lowest BCUT2D eigenvalue weighted by molar-refractivity contribution is 0.484. The van der Waals surface area contributed by atoms with Crippen molar-refractivity contribution in [3.63, 3.8) is 0 Å². The third-order valence-electron chi connectivity index (χ3n) is 4.37. The standard InChI is InChI=1S/C14H18ClN7/c15-10-7-11(18-14(16)17-10)22-5-3-9(4-6-22)13-19-12(20-21-13)8-1-2-8/h7-9H,1-6H2,(H2,16,17,18)(H,19,20,21). The Morgan fingerprint density at radius 2 is 1.86 bits per heavy atom. The highest BCUT2D eigenvalue weighted by atomic mass is 35.5. The molecule has 0 amide bonds. The third kappa shape index (κ3) is 2.72. The largest absolute Gasteiger partial charge is 0.368 e. The quantitative estimate of drug-likeness (QED) is 0.841. The molecule has 8 heteroatoms. The second kappa shape index (κ2) is 5.39. The number of halogens is 1. The number of nitrogen functional groups attached to an aromatic ring is 1. The van der Waals surface area contributed by atoms with Crippen molar-refractivity contribution in [2.75, 3.05) is 23.7 Å². The Hall–Kier alpha value is -1.89. The van der Waals surface area contributed by atoms with Crippen LogP contribution in [0.3, 0.4) is 0 Å². The highest BCUT2D eigenvalue weighted by molar-refractivity contribution is 6.29. The number of H-pyrrole nitrogens is 1. The van der Waals surface area contributed by atoms with Crippen molar-refractivity contribution in [3.8, 4) is 0 Å². The number of aromatic amines is 1. The minimum absolute atomic E-state index is 0.217. The molecule has 0 aromatic carbocycles. The van der Waals surface area contributed by atoms with Gasteiger partial charge < -0.3 is 10.6 Å². The summed E-state index contributed by atoms with van der Waals surface area (Å²) < 4.78 is 0. The first-order valence-electron chi connectivity index (χ1n) is 7.66. The summed E-state index contributed by atoms with van der Waals surface area (Å²) in [7, 11) is 0. The van der Waals surface area contributed by atoms with Crippen molar-refractivity contribution in [2.24, 2.45) is 0 Å². The first-order chi connectivity index (χ1) is 10.7. The monoisotopic (exact) mass is 319 g/mol. The number of nitrogens with zero attached hydrogens (tertiary/aromatic N) is 5. The van der Waals surface area contributed by atoms with E-state index in [0.717, 1.165) is 43.4 Å². The maximum Gasteiger partial charge on any atom is 0.223 e. The zero-order valence-electron chi connectivity index (χ0n) is 12.2. The molecule has 22 heavy (non-hydrogen) atoms. The fraction of sp³-hybridized carbons (Fsp3) is 0.571. The lowest BCUT2D eigenvalue weighted by Gasteiger charge is -2.31. The van der Waals surface area contributed by atoms with Gasteiger partial charge in [-0.15, -0.1) is 0 Å². The van der Waals surface area contributed by atoms with Gasteiger partial charge >= 0.3 is 0 Å². The van der Waals surface area contributed by atoms with Gasteiger partial charge in [0.25, 0.3) is 0 Å². The van der Waals surface area contributed by atoms with E-state index in [0.29, 0.717) is 17.0 Å².